The Bertz CT molecular complexity index is 555. The second-order valence-corrected chi connectivity index (χ2v) is 5.83. The number of carbonyl (C=O) groups is 1. The Hall–Kier alpha value is -1.95. The van der Waals surface area contributed by atoms with Gasteiger partial charge in [-0.15, -0.1) is 11.8 Å². The normalized spacial score (nSPS) is 10.4. The Morgan fingerprint density at radius 1 is 1.36 bits per heavy atom. The van der Waals surface area contributed by atoms with Gasteiger partial charge >= 0.3 is 0 Å². The third kappa shape index (κ3) is 5.81. The molecule has 22 heavy (non-hydrogen) atoms. The van der Waals surface area contributed by atoms with E-state index in [2.05, 4.69) is 10.3 Å². The van der Waals surface area contributed by atoms with Crippen molar-refractivity contribution in [3.05, 3.63) is 48.5 Å². The number of aromatic nitrogens is 2. The van der Waals surface area contributed by atoms with E-state index in [-0.39, 0.29) is 5.91 Å². The van der Waals surface area contributed by atoms with Crippen LogP contribution in [0.4, 0.5) is 0 Å². The van der Waals surface area contributed by atoms with Gasteiger partial charge in [-0.1, -0.05) is 12.1 Å². The lowest BCUT2D eigenvalue weighted by molar-refractivity contribution is -0.118. The highest BCUT2D eigenvalue weighted by atomic mass is 32.2. The number of carbonyl (C=O) groups excluding carboxylic acids is 1. The van der Waals surface area contributed by atoms with Crippen LogP contribution in [0.1, 0.15) is 12.0 Å². The lowest BCUT2D eigenvalue weighted by Crippen LogP contribution is -2.26. The molecule has 0 saturated heterocycles. The number of thioether (sulfide) groups is 1. The van der Waals surface area contributed by atoms with Crippen LogP contribution in [0.25, 0.3) is 0 Å². The molecule has 2 rings (SSSR count). The summed E-state index contributed by atoms with van der Waals surface area (Å²) in [6.45, 7) is 1.57. The van der Waals surface area contributed by atoms with Gasteiger partial charge in [0, 0.05) is 31.2 Å². The molecule has 1 N–H and O–H groups in total. The van der Waals surface area contributed by atoms with Crippen LogP contribution < -0.4 is 10.1 Å². The van der Waals surface area contributed by atoms with Crippen LogP contribution >= 0.6 is 11.8 Å². The number of imidazole rings is 1. The molecule has 0 bridgehead atoms. The van der Waals surface area contributed by atoms with Gasteiger partial charge in [0.15, 0.2) is 0 Å². The molecule has 118 valence electrons. The lowest BCUT2D eigenvalue weighted by Gasteiger charge is -2.06. The van der Waals surface area contributed by atoms with Gasteiger partial charge < -0.3 is 14.6 Å². The van der Waals surface area contributed by atoms with E-state index in [0.29, 0.717) is 12.3 Å². The molecule has 1 aromatic carbocycles. The number of benzene rings is 1. The topological polar surface area (TPSA) is 56.1 Å². The molecule has 0 aliphatic carbocycles. The highest BCUT2D eigenvalue weighted by molar-refractivity contribution is 7.99. The summed E-state index contributed by atoms with van der Waals surface area (Å²) in [5, 5.41) is 2.94. The van der Waals surface area contributed by atoms with Crippen LogP contribution in [0.5, 0.6) is 5.75 Å². The van der Waals surface area contributed by atoms with Crippen molar-refractivity contribution in [2.75, 3.05) is 19.4 Å². The zero-order chi connectivity index (χ0) is 15.6. The van der Waals surface area contributed by atoms with Crippen LogP contribution in [0.15, 0.2) is 43.0 Å². The number of hydrogen-bond donors (Lipinski definition) is 1. The smallest absolute Gasteiger partial charge is 0.230 e. The molecule has 0 spiro atoms. The van der Waals surface area contributed by atoms with Crippen molar-refractivity contribution in [3.63, 3.8) is 0 Å². The van der Waals surface area contributed by atoms with Crippen molar-refractivity contribution in [1.82, 2.24) is 14.9 Å². The number of amides is 1. The minimum absolute atomic E-state index is 0.0872. The summed E-state index contributed by atoms with van der Waals surface area (Å²) in [7, 11) is 1.65. The molecule has 0 atom stereocenters. The van der Waals surface area contributed by atoms with E-state index in [1.54, 1.807) is 31.4 Å². The fourth-order valence-corrected chi connectivity index (χ4v) is 2.76. The van der Waals surface area contributed by atoms with Crippen LogP contribution in [0.2, 0.25) is 0 Å². The van der Waals surface area contributed by atoms with Crippen molar-refractivity contribution in [2.24, 2.45) is 0 Å². The van der Waals surface area contributed by atoms with E-state index < -0.39 is 0 Å². The van der Waals surface area contributed by atoms with Crippen molar-refractivity contribution in [3.8, 4) is 5.75 Å². The number of aryl methyl sites for hydroxylation is 1. The van der Waals surface area contributed by atoms with Crippen LogP contribution in [-0.2, 0) is 17.1 Å². The molecular formula is C16H21N3O2S. The summed E-state index contributed by atoms with van der Waals surface area (Å²) >= 11 is 1.62. The number of ether oxygens (including phenoxy) is 1. The number of rotatable bonds is 9. The first kappa shape index (κ1) is 16.4. The maximum Gasteiger partial charge on any atom is 0.230 e. The molecule has 1 aromatic heterocycles. The van der Waals surface area contributed by atoms with E-state index in [9.17, 15) is 4.79 Å². The standard InChI is InChI=1S/C16H21N3O2S/c1-21-15-5-3-14(4-6-15)11-22-12-16(20)18-7-2-9-19-10-8-17-13-19/h3-6,8,10,13H,2,7,9,11-12H2,1H3,(H,18,20). The second kappa shape index (κ2) is 9.15. The van der Waals surface area contributed by atoms with Crippen LogP contribution in [0.3, 0.4) is 0 Å². The predicted molar refractivity (Wildman–Crippen MR) is 89.0 cm³/mol. The van der Waals surface area contributed by atoms with Crippen LogP contribution in [-0.4, -0.2) is 34.9 Å². The summed E-state index contributed by atoms with van der Waals surface area (Å²) in [4.78, 5) is 15.7. The average molecular weight is 319 g/mol. The fourth-order valence-electron chi connectivity index (χ4n) is 1.94. The first-order valence-electron chi connectivity index (χ1n) is 7.21. The van der Waals surface area contributed by atoms with Gasteiger partial charge in [0.05, 0.1) is 19.2 Å². The molecule has 0 aliphatic heterocycles. The quantitative estimate of drug-likeness (QED) is 0.721. The number of nitrogens with zero attached hydrogens (tertiary/aromatic N) is 2. The third-order valence-corrected chi connectivity index (χ3v) is 4.14. The molecule has 0 radical (unpaired) electrons. The lowest BCUT2D eigenvalue weighted by atomic mass is 10.2. The molecule has 0 aliphatic rings. The highest BCUT2D eigenvalue weighted by Crippen LogP contribution is 2.16. The summed E-state index contributed by atoms with van der Waals surface area (Å²) < 4.78 is 7.12. The van der Waals surface area contributed by atoms with Crippen molar-refractivity contribution in [2.45, 2.75) is 18.7 Å². The van der Waals surface area contributed by atoms with Gasteiger partial charge in [0.25, 0.3) is 0 Å². The minimum Gasteiger partial charge on any atom is -0.497 e. The number of nitrogens with one attached hydrogen (secondary N) is 1. The van der Waals surface area contributed by atoms with Gasteiger partial charge in [-0.2, -0.15) is 0 Å². The second-order valence-electron chi connectivity index (χ2n) is 4.84. The fraction of sp³-hybridized carbons (Fsp3) is 0.375. The average Bonchev–Trinajstić information content (AvgIpc) is 3.06. The molecular weight excluding hydrogens is 298 g/mol. The van der Waals surface area contributed by atoms with Gasteiger partial charge in [-0.3, -0.25) is 4.79 Å². The summed E-state index contributed by atoms with van der Waals surface area (Å²) in [6.07, 6.45) is 6.37. The molecule has 1 heterocycles. The van der Waals surface area contributed by atoms with Gasteiger partial charge in [-0.25, -0.2) is 4.98 Å². The zero-order valence-corrected chi connectivity index (χ0v) is 13.5. The van der Waals surface area contributed by atoms with Crippen molar-refractivity contribution < 1.29 is 9.53 Å². The molecule has 0 fully saturated rings. The summed E-state index contributed by atoms with van der Waals surface area (Å²) in [5.74, 6) is 2.25. The largest absolute Gasteiger partial charge is 0.497 e. The highest BCUT2D eigenvalue weighted by Gasteiger charge is 2.02. The maximum absolute atomic E-state index is 11.7. The summed E-state index contributed by atoms with van der Waals surface area (Å²) in [6, 6.07) is 7.92. The van der Waals surface area contributed by atoms with Gasteiger partial charge in [0.2, 0.25) is 5.91 Å². The molecule has 1 amide bonds. The first-order valence-corrected chi connectivity index (χ1v) is 8.36. The molecule has 0 saturated carbocycles. The Morgan fingerprint density at radius 3 is 2.86 bits per heavy atom. The van der Waals surface area contributed by atoms with Crippen LogP contribution in [0, 0.1) is 0 Å². The van der Waals surface area contributed by atoms with E-state index in [1.807, 2.05) is 35.0 Å². The monoisotopic (exact) mass is 319 g/mol. The van der Waals surface area contributed by atoms with Crippen molar-refractivity contribution in [1.29, 1.82) is 0 Å². The van der Waals surface area contributed by atoms with Crippen molar-refractivity contribution >= 4 is 17.7 Å². The maximum atomic E-state index is 11.7. The van der Waals surface area contributed by atoms with E-state index in [0.717, 1.165) is 24.5 Å². The Kier molecular flexibility index (Phi) is 6.83. The van der Waals surface area contributed by atoms with E-state index >= 15 is 0 Å². The molecule has 6 heteroatoms. The van der Waals surface area contributed by atoms with Gasteiger partial charge in [-0.05, 0) is 24.1 Å². The van der Waals surface area contributed by atoms with E-state index in [1.165, 1.54) is 5.56 Å². The Labute approximate surface area is 135 Å². The number of methoxy groups -OCH3 is 1. The molecule has 0 unspecified atom stereocenters. The minimum atomic E-state index is 0.0872. The Morgan fingerprint density at radius 2 is 2.18 bits per heavy atom. The van der Waals surface area contributed by atoms with Gasteiger partial charge in [0.1, 0.15) is 5.75 Å². The van der Waals surface area contributed by atoms with E-state index in [4.69, 9.17) is 4.74 Å². The number of hydrogen-bond acceptors (Lipinski definition) is 4. The molecule has 2 aromatic rings. The zero-order valence-electron chi connectivity index (χ0n) is 12.7. The predicted octanol–water partition coefficient (Wildman–Crippen LogP) is 2.33. The summed E-state index contributed by atoms with van der Waals surface area (Å²) in [5.41, 5.74) is 1.19. The molecule has 5 nitrogen and oxygen atoms in total. The SMILES string of the molecule is COc1ccc(CSCC(=O)NCCCn2ccnc2)cc1. The Balaban J connectivity index is 1.55. The third-order valence-electron chi connectivity index (χ3n) is 3.14. The first-order chi connectivity index (χ1) is 10.8.